The second-order valence-electron chi connectivity index (χ2n) is 1.96. The van der Waals surface area contributed by atoms with Gasteiger partial charge in [0.05, 0.1) is 15.9 Å². The maximum Gasteiger partial charge on any atom is 0.135 e. The third-order valence-electron chi connectivity index (χ3n) is 1.01. The molecule has 0 saturated carbocycles. The molecule has 0 aliphatic carbocycles. The van der Waals surface area contributed by atoms with Crippen molar-refractivity contribution < 1.29 is 0 Å². The molecule has 0 amide bonds. The van der Waals surface area contributed by atoms with Crippen molar-refractivity contribution in [1.29, 1.82) is 0 Å². The van der Waals surface area contributed by atoms with Crippen LogP contribution in [0.4, 0.5) is 0 Å². The van der Waals surface area contributed by atoms with E-state index in [1.165, 1.54) is 0 Å². The highest BCUT2D eigenvalue weighted by Crippen LogP contribution is 2.04. The summed E-state index contributed by atoms with van der Waals surface area (Å²) in [4.78, 5) is 8.40. The lowest BCUT2D eigenvalue weighted by Gasteiger charge is -1.95. The smallest absolute Gasteiger partial charge is 0.135 e. The Bertz CT molecular complexity index is 259. The first kappa shape index (κ1) is 8.55. The summed E-state index contributed by atoms with van der Waals surface area (Å²) < 4.78 is 0.851. The fourth-order valence-electron chi connectivity index (χ4n) is 0.586. The molecule has 0 unspecified atom stereocenters. The summed E-state index contributed by atoms with van der Waals surface area (Å²) >= 11 is 7.92. The first-order chi connectivity index (χ1) is 5.18. The van der Waals surface area contributed by atoms with Crippen molar-refractivity contribution in [3.63, 3.8) is 0 Å². The predicted molar refractivity (Wildman–Crippen MR) is 50.2 cm³/mol. The summed E-state index contributed by atoms with van der Waals surface area (Å²) in [7, 11) is 0. The number of halogens is 1. The summed E-state index contributed by atoms with van der Waals surface area (Å²) in [5.74, 6) is 0.653. The molecular formula is C6H6BrN3S. The number of nitrogens with two attached hydrogens (primary N) is 1. The van der Waals surface area contributed by atoms with Crippen molar-refractivity contribution >= 4 is 33.1 Å². The van der Waals surface area contributed by atoms with Gasteiger partial charge >= 0.3 is 0 Å². The predicted octanol–water partition coefficient (Wildman–Crippen LogP) is 1.07. The third kappa shape index (κ3) is 2.90. The van der Waals surface area contributed by atoms with E-state index in [0.717, 1.165) is 4.47 Å². The lowest BCUT2D eigenvalue weighted by Crippen LogP contribution is -2.13. The van der Waals surface area contributed by atoms with Crippen LogP contribution in [0.2, 0.25) is 0 Å². The topological polar surface area (TPSA) is 51.8 Å². The van der Waals surface area contributed by atoms with Gasteiger partial charge in [0.2, 0.25) is 0 Å². The summed E-state index contributed by atoms with van der Waals surface area (Å²) in [5, 5.41) is 0. The molecule has 1 aromatic rings. The molecule has 0 fully saturated rings. The molecule has 0 aliphatic rings. The van der Waals surface area contributed by atoms with Gasteiger partial charge in [0.25, 0.3) is 0 Å². The van der Waals surface area contributed by atoms with Gasteiger partial charge in [-0.05, 0) is 15.9 Å². The van der Waals surface area contributed by atoms with Crippen LogP contribution in [0, 0.1) is 0 Å². The fraction of sp³-hybridized carbons (Fsp3) is 0.167. The van der Waals surface area contributed by atoms with Crippen LogP contribution < -0.4 is 5.73 Å². The quantitative estimate of drug-likeness (QED) is 0.775. The lowest BCUT2D eigenvalue weighted by molar-refractivity contribution is 1.00. The highest BCUT2D eigenvalue weighted by molar-refractivity contribution is 9.10. The average Bonchev–Trinajstić information content (AvgIpc) is 1.93. The summed E-state index contributed by atoms with van der Waals surface area (Å²) in [6.07, 6.45) is 3.80. The van der Waals surface area contributed by atoms with Gasteiger partial charge in [0.15, 0.2) is 0 Å². The molecule has 1 aromatic heterocycles. The number of thiocarbonyl (C=S) groups is 1. The highest BCUT2D eigenvalue weighted by Gasteiger charge is 1.96. The molecule has 0 saturated heterocycles. The molecule has 3 nitrogen and oxygen atoms in total. The summed E-state index contributed by atoms with van der Waals surface area (Å²) in [6.45, 7) is 0. The van der Waals surface area contributed by atoms with Crippen LogP contribution in [0.15, 0.2) is 16.9 Å². The van der Waals surface area contributed by atoms with Gasteiger partial charge in [-0.1, -0.05) is 12.2 Å². The molecule has 0 spiro atoms. The number of hydrogen-bond acceptors (Lipinski definition) is 3. The van der Waals surface area contributed by atoms with Gasteiger partial charge in [-0.2, -0.15) is 0 Å². The van der Waals surface area contributed by atoms with Crippen LogP contribution >= 0.6 is 28.1 Å². The van der Waals surface area contributed by atoms with E-state index in [0.29, 0.717) is 17.2 Å². The Kier molecular flexibility index (Phi) is 2.90. The van der Waals surface area contributed by atoms with Crippen LogP contribution in [-0.4, -0.2) is 15.0 Å². The van der Waals surface area contributed by atoms with E-state index in [4.69, 9.17) is 18.0 Å². The molecule has 1 rings (SSSR count). The number of nitrogens with zero attached hydrogens (tertiary/aromatic N) is 2. The van der Waals surface area contributed by atoms with Gasteiger partial charge in [-0.3, -0.25) is 0 Å². The molecule has 58 valence electrons. The van der Waals surface area contributed by atoms with Crippen LogP contribution in [-0.2, 0) is 6.42 Å². The third-order valence-corrected chi connectivity index (χ3v) is 1.56. The standard InChI is InChI=1S/C6H6BrN3S/c7-4-2-9-6(10-3-4)1-5(8)11/h2-3H,1H2,(H2,8,11). The van der Waals surface area contributed by atoms with Crippen LogP contribution in [0.1, 0.15) is 5.82 Å². The summed E-state index contributed by atoms with van der Waals surface area (Å²) in [5.41, 5.74) is 5.30. The Hall–Kier alpha value is -0.550. The molecular weight excluding hydrogens is 226 g/mol. The van der Waals surface area contributed by atoms with Crippen molar-refractivity contribution in [2.24, 2.45) is 5.73 Å². The van der Waals surface area contributed by atoms with Crippen molar-refractivity contribution in [3.05, 3.63) is 22.7 Å². The Morgan fingerprint density at radius 2 is 2.09 bits per heavy atom. The largest absolute Gasteiger partial charge is 0.393 e. The molecule has 5 heteroatoms. The normalized spacial score (nSPS) is 9.55. The van der Waals surface area contributed by atoms with E-state index in [1.807, 2.05) is 0 Å². The molecule has 11 heavy (non-hydrogen) atoms. The van der Waals surface area contributed by atoms with Crippen LogP contribution in [0.5, 0.6) is 0 Å². The molecule has 0 aromatic carbocycles. The Morgan fingerprint density at radius 3 is 2.55 bits per heavy atom. The van der Waals surface area contributed by atoms with Gasteiger partial charge in [-0.15, -0.1) is 0 Å². The van der Waals surface area contributed by atoms with E-state index >= 15 is 0 Å². The van der Waals surface area contributed by atoms with Gasteiger partial charge in [0, 0.05) is 12.4 Å². The number of aromatic nitrogens is 2. The van der Waals surface area contributed by atoms with E-state index in [1.54, 1.807) is 12.4 Å². The Morgan fingerprint density at radius 1 is 1.55 bits per heavy atom. The van der Waals surface area contributed by atoms with Crippen LogP contribution in [0.25, 0.3) is 0 Å². The zero-order chi connectivity index (χ0) is 8.27. The molecule has 2 N–H and O–H groups in total. The van der Waals surface area contributed by atoms with Gasteiger partial charge < -0.3 is 5.73 Å². The minimum absolute atomic E-state index is 0.410. The second kappa shape index (κ2) is 3.73. The number of rotatable bonds is 2. The first-order valence-electron chi connectivity index (χ1n) is 2.93. The van der Waals surface area contributed by atoms with Crippen molar-refractivity contribution in [3.8, 4) is 0 Å². The maximum atomic E-state index is 5.30. The van der Waals surface area contributed by atoms with Crippen molar-refractivity contribution in [2.45, 2.75) is 6.42 Å². The SMILES string of the molecule is NC(=S)Cc1ncc(Br)cn1. The Labute approximate surface area is 78.2 Å². The molecule has 1 heterocycles. The monoisotopic (exact) mass is 231 g/mol. The van der Waals surface area contributed by atoms with E-state index in [-0.39, 0.29) is 0 Å². The highest BCUT2D eigenvalue weighted by atomic mass is 79.9. The average molecular weight is 232 g/mol. The zero-order valence-corrected chi connectivity index (χ0v) is 8.02. The van der Waals surface area contributed by atoms with E-state index in [9.17, 15) is 0 Å². The number of hydrogen-bond donors (Lipinski definition) is 1. The Balaban J connectivity index is 2.74. The lowest BCUT2D eigenvalue weighted by atomic mass is 10.4. The van der Waals surface area contributed by atoms with Crippen molar-refractivity contribution in [1.82, 2.24) is 9.97 Å². The van der Waals surface area contributed by atoms with E-state index < -0.39 is 0 Å². The van der Waals surface area contributed by atoms with Gasteiger partial charge in [0.1, 0.15) is 5.82 Å². The molecule has 0 atom stereocenters. The minimum Gasteiger partial charge on any atom is -0.393 e. The molecule has 0 radical (unpaired) electrons. The first-order valence-corrected chi connectivity index (χ1v) is 4.13. The van der Waals surface area contributed by atoms with Gasteiger partial charge in [-0.25, -0.2) is 9.97 Å². The summed E-state index contributed by atoms with van der Waals surface area (Å²) in [6, 6.07) is 0. The second-order valence-corrected chi connectivity index (χ2v) is 3.40. The zero-order valence-electron chi connectivity index (χ0n) is 5.62. The maximum absolute atomic E-state index is 5.30. The van der Waals surface area contributed by atoms with Crippen LogP contribution in [0.3, 0.4) is 0 Å². The molecule has 0 aliphatic heterocycles. The minimum atomic E-state index is 0.410. The van der Waals surface area contributed by atoms with E-state index in [2.05, 4.69) is 25.9 Å². The molecule has 0 bridgehead atoms. The van der Waals surface area contributed by atoms with Crippen molar-refractivity contribution in [2.75, 3.05) is 0 Å². The fourth-order valence-corrected chi connectivity index (χ4v) is 0.920.